The Kier molecular flexibility index (Phi) is 3.24. The first-order valence-corrected chi connectivity index (χ1v) is 5.56. The van der Waals surface area contributed by atoms with Gasteiger partial charge in [-0.25, -0.2) is 4.39 Å². The lowest BCUT2D eigenvalue weighted by Gasteiger charge is -2.07. The highest BCUT2D eigenvalue weighted by Crippen LogP contribution is 2.22. The molecule has 0 unspecified atom stereocenters. The van der Waals surface area contributed by atoms with Gasteiger partial charge in [-0.3, -0.25) is 4.79 Å². The molecule has 0 aliphatic rings. The summed E-state index contributed by atoms with van der Waals surface area (Å²) in [5, 5.41) is 8.82. The van der Waals surface area contributed by atoms with E-state index in [-0.39, 0.29) is 5.56 Å². The maximum Gasteiger partial charge on any atom is 0.250 e. The average molecular weight is 242 g/mol. The number of pyridine rings is 1. The summed E-state index contributed by atoms with van der Waals surface area (Å²) in [5.41, 5.74) is 1.18. The van der Waals surface area contributed by atoms with Gasteiger partial charge in [0.05, 0.1) is 11.6 Å². The molecule has 1 aromatic heterocycles. The number of aromatic nitrogens is 1. The summed E-state index contributed by atoms with van der Waals surface area (Å²) < 4.78 is 15.2. The number of nitriles is 1. The molecule has 0 saturated heterocycles. The fraction of sp³-hybridized carbons (Fsp3) is 0.143. The lowest BCUT2D eigenvalue weighted by molar-refractivity contribution is 0.630. The van der Waals surface area contributed by atoms with Crippen molar-refractivity contribution >= 4 is 0 Å². The molecule has 0 N–H and O–H groups in total. The maximum absolute atomic E-state index is 13.7. The van der Waals surface area contributed by atoms with Crippen molar-refractivity contribution in [1.29, 1.82) is 5.26 Å². The number of halogens is 1. The highest BCUT2D eigenvalue weighted by Gasteiger charge is 2.07. The Hall–Kier alpha value is -2.41. The zero-order chi connectivity index (χ0) is 13.1. The third-order valence-electron chi connectivity index (χ3n) is 2.73. The van der Waals surface area contributed by atoms with Gasteiger partial charge in [0.2, 0.25) is 0 Å². The van der Waals surface area contributed by atoms with Crippen molar-refractivity contribution in [2.24, 2.45) is 0 Å². The predicted octanol–water partition coefficient (Wildman–Crippen LogP) is 2.55. The van der Waals surface area contributed by atoms with Crippen molar-refractivity contribution in [2.75, 3.05) is 0 Å². The standard InChI is InChI=1S/C14H11FN2O/c1-2-17-9-11(4-6-14(17)18)12-7-10(8-16)3-5-13(12)15/h3-7,9H,2H2,1H3. The van der Waals surface area contributed by atoms with Gasteiger partial charge < -0.3 is 4.57 Å². The number of nitrogens with zero attached hydrogens (tertiary/aromatic N) is 2. The molecule has 1 aromatic carbocycles. The fourth-order valence-electron chi connectivity index (χ4n) is 1.75. The second-order valence-corrected chi connectivity index (χ2v) is 3.85. The normalized spacial score (nSPS) is 10.1. The van der Waals surface area contributed by atoms with Gasteiger partial charge in [0.25, 0.3) is 5.56 Å². The summed E-state index contributed by atoms with van der Waals surface area (Å²) in [7, 11) is 0. The van der Waals surface area contributed by atoms with Gasteiger partial charge in [-0.15, -0.1) is 0 Å². The number of aryl methyl sites for hydroxylation is 1. The Balaban J connectivity index is 2.62. The maximum atomic E-state index is 13.7. The Morgan fingerprint density at radius 1 is 1.33 bits per heavy atom. The summed E-state index contributed by atoms with van der Waals surface area (Å²) in [6.07, 6.45) is 1.60. The first-order valence-electron chi connectivity index (χ1n) is 5.56. The third-order valence-corrected chi connectivity index (χ3v) is 2.73. The van der Waals surface area contributed by atoms with Crippen LogP contribution >= 0.6 is 0 Å². The van der Waals surface area contributed by atoms with Gasteiger partial charge in [0.1, 0.15) is 5.82 Å². The van der Waals surface area contributed by atoms with Crippen LogP contribution in [0, 0.1) is 17.1 Å². The molecule has 0 spiro atoms. The molecule has 2 rings (SSSR count). The summed E-state index contributed by atoms with van der Waals surface area (Å²) in [4.78, 5) is 11.5. The molecule has 0 amide bonds. The Bertz CT molecular complexity index is 683. The molecule has 0 radical (unpaired) electrons. The van der Waals surface area contributed by atoms with Gasteiger partial charge in [-0.1, -0.05) is 0 Å². The Labute approximate surface area is 104 Å². The van der Waals surface area contributed by atoms with E-state index < -0.39 is 5.82 Å². The van der Waals surface area contributed by atoms with Crippen LogP contribution in [0.1, 0.15) is 12.5 Å². The van der Waals surface area contributed by atoms with E-state index in [1.807, 2.05) is 13.0 Å². The van der Waals surface area contributed by atoms with Crippen LogP contribution in [0.15, 0.2) is 41.3 Å². The smallest absolute Gasteiger partial charge is 0.250 e. The van der Waals surface area contributed by atoms with Crippen LogP contribution in [0.25, 0.3) is 11.1 Å². The molecule has 2 aromatic rings. The summed E-state index contributed by atoms with van der Waals surface area (Å²) in [5.74, 6) is -0.407. The number of rotatable bonds is 2. The molecule has 0 bridgehead atoms. The minimum atomic E-state index is -0.407. The van der Waals surface area contributed by atoms with Crippen LogP contribution in [0.3, 0.4) is 0 Å². The van der Waals surface area contributed by atoms with Crippen LogP contribution in [-0.2, 0) is 6.54 Å². The van der Waals surface area contributed by atoms with Crippen LogP contribution in [0.5, 0.6) is 0 Å². The average Bonchev–Trinajstić information content (AvgIpc) is 2.40. The molecule has 90 valence electrons. The van der Waals surface area contributed by atoms with Crippen molar-refractivity contribution in [3.05, 3.63) is 58.3 Å². The highest BCUT2D eigenvalue weighted by atomic mass is 19.1. The van der Waals surface area contributed by atoms with E-state index >= 15 is 0 Å². The van der Waals surface area contributed by atoms with E-state index in [4.69, 9.17) is 5.26 Å². The van der Waals surface area contributed by atoms with Gasteiger partial charge in [-0.05, 0) is 31.2 Å². The fourth-order valence-corrected chi connectivity index (χ4v) is 1.75. The summed E-state index contributed by atoms with van der Waals surface area (Å²) in [6, 6.07) is 9.10. The molecular formula is C14H11FN2O. The molecule has 18 heavy (non-hydrogen) atoms. The molecule has 0 aliphatic carbocycles. The van der Waals surface area contributed by atoms with E-state index in [2.05, 4.69) is 0 Å². The third kappa shape index (κ3) is 2.16. The Morgan fingerprint density at radius 3 is 2.78 bits per heavy atom. The van der Waals surface area contributed by atoms with Gasteiger partial charge in [0.15, 0.2) is 0 Å². The first-order chi connectivity index (χ1) is 8.65. The first kappa shape index (κ1) is 12.1. The largest absolute Gasteiger partial charge is 0.315 e. The lowest BCUT2D eigenvalue weighted by atomic mass is 10.0. The van der Waals surface area contributed by atoms with Gasteiger partial charge in [-0.2, -0.15) is 5.26 Å². The van der Waals surface area contributed by atoms with Crippen molar-refractivity contribution in [3.8, 4) is 17.2 Å². The lowest BCUT2D eigenvalue weighted by Crippen LogP contribution is -2.17. The predicted molar refractivity (Wildman–Crippen MR) is 66.5 cm³/mol. The van der Waals surface area contributed by atoms with Crippen molar-refractivity contribution in [3.63, 3.8) is 0 Å². The molecule has 0 aliphatic heterocycles. The molecule has 0 atom stereocenters. The molecule has 0 saturated carbocycles. The Morgan fingerprint density at radius 2 is 2.11 bits per heavy atom. The monoisotopic (exact) mass is 242 g/mol. The van der Waals surface area contributed by atoms with Gasteiger partial charge in [0, 0.05) is 29.9 Å². The van der Waals surface area contributed by atoms with E-state index in [0.29, 0.717) is 23.2 Å². The summed E-state index contributed by atoms with van der Waals surface area (Å²) in [6.45, 7) is 2.36. The molecule has 0 fully saturated rings. The van der Waals surface area contributed by atoms with Gasteiger partial charge >= 0.3 is 0 Å². The van der Waals surface area contributed by atoms with Crippen LogP contribution < -0.4 is 5.56 Å². The SMILES string of the molecule is CCn1cc(-c2cc(C#N)ccc2F)ccc1=O. The second kappa shape index (κ2) is 4.84. The van der Waals surface area contributed by atoms with Crippen molar-refractivity contribution < 1.29 is 4.39 Å². The van der Waals surface area contributed by atoms with E-state index in [1.54, 1.807) is 12.3 Å². The minimum Gasteiger partial charge on any atom is -0.315 e. The quantitative estimate of drug-likeness (QED) is 0.812. The topological polar surface area (TPSA) is 45.8 Å². The molecule has 3 nitrogen and oxygen atoms in total. The van der Waals surface area contributed by atoms with Crippen LogP contribution in [0.2, 0.25) is 0 Å². The second-order valence-electron chi connectivity index (χ2n) is 3.85. The van der Waals surface area contributed by atoms with Crippen LogP contribution in [0.4, 0.5) is 4.39 Å². The van der Waals surface area contributed by atoms with E-state index in [0.717, 1.165) is 0 Å². The highest BCUT2D eigenvalue weighted by molar-refractivity contribution is 5.65. The van der Waals surface area contributed by atoms with Crippen molar-refractivity contribution in [2.45, 2.75) is 13.5 Å². The van der Waals surface area contributed by atoms with Crippen LogP contribution in [-0.4, -0.2) is 4.57 Å². The summed E-state index contributed by atoms with van der Waals surface area (Å²) >= 11 is 0. The van der Waals surface area contributed by atoms with E-state index in [1.165, 1.54) is 28.8 Å². The number of benzene rings is 1. The van der Waals surface area contributed by atoms with E-state index in [9.17, 15) is 9.18 Å². The molecule has 4 heteroatoms. The molecule has 1 heterocycles. The van der Waals surface area contributed by atoms with Crippen molar-refractivity contribution in [1.82, 2.24) is 4.57 Å². The molecular weight excluding hydrogens is 231 g/mol. The number of hydrogen-bond acceptors (Lipinski definition) is 2. The number of hydrogen-bond donors (Lipinski definition) is 0. The zero-order valence-corrected chi connectivity index (χ0v) is 9.85. The minimum absolute atomic E-state index is 0.127. The zero-order valence-electron chi connectivity index (χ0n) is 9.85.